The topological polar surface area (TPSA) is 72.3 Å². The number of carbonyl (C=O) groups is 1. The Labute approximate surface area is 87.9 Å². The van der Waals surface area contributed by atoms with Crippen LogP contribution in [0.5, 0.6) is 5.88 Å². The van der Waals surface area contributed by atoms with Gasteiger partial charge in [-0.2, -0.15) is 13.2 Å². The first-order chi connectivity index (χ1) is 7.29. The summed E-state index contributed by atoms with van der Waals surface area (Å²) in [5.41, 5.74) is -0.140. The number of ether oxygens (including phenoxy) is 1. The molecule has 88 valence electrons. The van der Waals surface area contributed by atoms with E-state index in [4.69, 9.17) is 5.11 Å². The fourth-order valence-corrected chi connectivity index (χ4v) is 0.898. The lowest BCUT2D eigenvalue weighted by atomic mass is 10.2. The third-order valence-corrected chi connectivity index (χ3v) is 1.55. The van der Waals surface area contributed by atoms with E-state index in [9.17, 15) is 18.0 Å². The van der Waals surface area contributed by atoms with Crippen molar-refractivity contribution >= 4 is 5.97 Å². The van der Waals surface area contributed by atoms with Crippen molar-refractivity contribution in [2.75, 3.05) is 6.61 Å². The van der Waals surface area contributed by atoms with Crippen molar-refractivity contribution in [3.8, 4) is 5.88 Å². The van der Waals surface area contributed by atoms with E-state index in [1.807, 2.05) is 0 Å². The van der Waals surface area contributed by atoms with Crippen LogP contribution in [0.1, 0.15) is 16.1 Å². The Balaban J connectivity index is 2.78. The van der Waals surface area contributed by atoms with Crippen molar-refractivity contribution in [1.82, 2.24) is 10.2 Å². The van der Waals surface area contributed by atoms with Crippen LogP contribution in [0.3, 0.4) is 0 Å². The molecule has 1 rings (SSSR count). The average Bonchev–Trinajstić information content (AvgIpc) is 2.13. The summed E-state index contributed by atoms with van der Waals surface area (Å²) in [6.07, 6.45) is -4.47. The molecule has 5 nitrogen and oxygen atoms in total. The number of rotatable bonds is 3. The number of carboxylic acid groups (broad SMARTS) is 1. The summed E-state index contributed by atoms with van der Waals surface area (Å²) in [6, 6.07) is 1.09. The van der Waals surface area contributed by atoms with Crippen LogP contribution < -0.4 is 4.74 Å². The molecule has 0 radical (unpaired) electrons. The summed E-state index contributed by atoms with van der Waals surface area (Å²) in [5.74, 6) is -1.66. The maximum atomic E-state index is 11.8. The fourth-order valence-electron chi connectivity index (χ4n) is 0.898. The molecule has 0 aliphatic heterocycles. The van der Waals surface area contributed by atoms with Crippen molar-refractivity contribution in [3.63, 3.8) is 0 Å². The second-order valence-electron chi connectivity index (χ2n) is 2.92. The largest absolute Gasteiger partial charge is 0.476 e. The summed E-state index contributed by atoms with van der Waals surface area (Å²) in [5, 5.41) is 15.0. The van der Waals surface area contributed by atoms with Gasteiger partial charge in [0.1, 0.15) is 0 Å². The SMILES string of the molecule is Cc1cc(OCC(F)(F)F)nnc1C(=O)O. The van der Waals surface area contributed by atoms with Gasteiger partial charge in [0.25, 0.3) is 0 Å². The number of hydrogen-bond donors (Lipinski definition) is 1. The van der Waals surface area contributed by atoms with Crippen LogP contribution in [0.4, 0.5) is 13.2 Å². The second kappa shape index (κ2) is 4.33. The van der Waals surface area contributed by atoms with Gasteiger partial charge in [-0.3, -0.25) is 0 Å². The minimum atomic E-state index is -4.47. The first-order valence-corrected chi connectivity index (χ1v) is 4.07. The van der Waals surface area contributed by atoms with Crippen molar-refractivity contribution < 1.29 is 27.8 Å². The summed E-state index contributed by atoms with van der Waals surface area (Å²) in [4.78, 5) is 10.5. The van der Waals surface area contributed by atoms with Gasteiger partial charge in [-0.1, -0.05) is 0 Å². The Morgan fingerprint density at radius 3 is 2.56 bits per heavy atom. The van der Waals surface area contributed by atoms with Crippen molar-refractivity contribution in [2.45, 2.75) is 13.1 Å². The molecule has 1 aromatic heterocycles. The van der Waals surface area contributed by atoms with Gasteiger partial charge in [0, 0.05) is 6.07 Å². The van der Waals surface area contributed by atoms with E-state index in [2.05, 4.69) is 14.9 Å². The van der Waals surface area contributed by atoms with Crippen LogP contribution in [0.15, 0.2) is 6.07 Å². The third kappa shape index (κ3) is 3.37. The highest BCUT2D eigenvalue weighted by Crippen LogP contribution is 2.17. The van der Waals surface area contributed by atoms with Gasteiger partial charge < -0.3 is 9.84 Å². The molecule has 16 heavy (non-hydrogen) atoms. The van der Waals surface area contributed by atoms with Crippen LogP contribution in [0.25, 0.3) is 0 Å². The number of halogens is 3. The highest BCUT2D eigenvalue weighted by Gasteiger charge is 2.28. The highest BCUT2D eigenvalue weighted by atomic mass is 19.4. The molecule has 0 fully saturated rings. The maximum Gasteiger partial charge on any atom is 0.422 e. The first kappa shape index (κ1) is 12.2. The molecule has 0 bridgehead atoms. The molecule has 1 aromatic rings. The number of aryl methyl sites for hydroxylation is 1. The average molecular weight is 236 g/mol. The Bertz CT molecular complexity index is 406. The normalized spacial score (nSPS) is 11.2. The molecule has 0 aliphatic carbocycles. The molecule has 0 aromatic carbocycles. The van der Waals surface area contributed by atoms with Gasteiger partial charge in [-0.25, -0.2) is 4.79 Å². The highest BCUT2D eigenvalue weighted by molar-refractivity contribution is 5.86. The lowest BCUT2D eigenvalue weighted by Crippen LogP contribution is -2.20. The smallest absolute Gasteiger partial charge is 0.422 e. The number of hydrogen-bond acceptors (Lipinski definition) is 4. The van der Waals surface area contributed by atoms with Gasteiger partial charge in [0.2, 0.25) is 5.88 Å². The molecule has 0 saturated heterocycles. The van der Waals surface area contributed by atoms with Crippen molar-refractivity contribution in [1.29, 1.82) is 0 Å². The van der Waals surface area contributed by atoms with E-state index in [1.54, 1.807) is 0 Å². The number of aromatic nitrogens is 2. The van der Waals surface area contributed by atoms with E-state index in [1.165, 1.54) is 6.92 Å². The molecule has 0 spiro atoms. The van der Waals surface area contributed by atoms with E-state index in [-0.39, 0.29) is 17.1 Å². The van der Waals surface area contributed by atoms with Crippen LogP contribution in [-0.2, 0) is 0 Å². The molecule has 0 saturated carbocycles. The number of alkyl halides is 3. The predicted octanol–water partition coefficient (Wildman–Crippen LogP) is 1.42. The standard InChI is InChI=1S/C8H7F3N2O3/c1-4-2-5(16-3-8(9,10)11)12-13-6(4)7(14)15/h2H,3H2,1H3,(H,14,15). The Hall–Kier alpha value is -1.86. The van der Waals surface area contributed by atoms with Gasteiger partial charge in [0.15, 0.2) is 12.3 Å². The quantitative estimate of drug-likeness (QED) is 0.859. The molecular weight excluding hydrogens is 229 g/mol. The second-order valence-corrected chi connectivity index (χ2v) is 2.92. The Kier molecular flexibility index (Phi) is 3.31. The van der Waals surface area contributed by atoms with Crippen molar-refractivity contribution in [2.24, 2.45) is 0 Å². The lowest BCUT2D eigenvalue weighted by molar-refractivity contribution is -0.154. The van der Waals surface area contributed by atoms with Crippen molar-refractivity contribution in [3.05, 3.63) is 17.3 Å². The Morgan fingerprint density at radius 2 is 2.12 bits per heavy atom. The zero-order chi connectivity index (χ0) is 12.3. The zero-order valence-electron chi connectivity index (χ0n) is 8.08. The summed E-state index contributed by atoms with van der Waals surface area (Å²) in [6.45, 7) is -0.105. The first-order valence-electron chi connectivity index (χ1n) is 4.07. The monoisotopic (exact) mass is 236 g/mol. The van der Waals surface area contributed by atoms with Crippen LogP contribution in [0, 0.1) is 6.92 Å². The summed E-state index contributed by atoms with van der Waals surface area (Å²) >= 11 is 0. The molecule has 8 heteroatoms. The number of carboxylic acids is 1. The molecule has 0 unspecified atom stereocenters. The van der Waals surface area contributed by atoms with E-state index >= 15 is 0 Å². The zero-order valence-corrected chi connectivity index (χ0v) is 8.08. The summed E-state index contributed by atoms with van der Waals surface area (Å²) in [7, 11) is 0. The van der Waals surface area contributed by atoms with E-state index < -0.39 is 18.8 Å². The fraction of sp³-hybridized carbons (Fsp3) is 0.375. The predicted molar refractivity (Wildman–Crippen MR) is 45.3 cm³/mol. The van der Waals surface area contributed by atoms with Crippen LogP contribution in [-0.4, -0.2) is 34.1 Å². The molecule has 0 atom stereocenters. The van der Waals surface area contributed by atoms with E-state index in [0.29, 0.717) is 0 Å². The van der Waals surface area contributed by atoms with Gasteiger partial charge in [0.05, 0.1) is 0 Å². The third-order valence-electron chi connectivity index (χ3n) is 1.55. The van der Waals surface area contributed by atoms with Gasteiger partial charge in [-0.05, 0) is 12.5 Å². The van der Waals surface area contributed by atoms with E-state index in [0.717, 1.165) is 6.07 Å². The van der Waals surface area contributed by atoms with Crippen LogP contribution >= 0.6 is 0 Å². The number of aromatic carboxylic acids is 1. The van der Waals surface area contributed by atoms with Gasteiger partial charge >= 0.3 is 12.1 Å². The van der Waals surface area contributed by atoms with Gasteiger partial charge in [-0.15, -0.1) is 10.2 Å². The summed E-state index contributed by atoms with van der Waals surface area (Å²) < 4.78 is 39.6. The minimum Gasteiger partial charge on any atom is -0.476 e. The number of nitrogens with zero attached hydrogens (tertiary/aromatic N) is 2. The molecule has 0 aliphatic rings. The Morgan fingerprint density at radius 1 is 1.50 bits per heavy atom. The molecular formula is C8H7F3N2O3. The molecule has 1 heterocycles. The molecule has 1 N–H and O–H groups in total. The minimum absolute atomic E-state index is 0.180. The van der Waals surface area contributed by atoms with Crippen LogP contribution in [0.2, 0.25) is 0 Å². The maximum absolute atomic E-state index is 11.8. The molecule has 0 amide bonds. The lowest BCUT2D eigenvalue weighted by Gasteiger charge is -2.08.